The van der Waals surface area contributed by atoms with E-state index < -0.39 is 26.6 Å². The second-order valence-corrected chi connectivity index (χ2v) is 7.24. The van der Waals surface area contributed by atoms with Crippen molar-refractivity contribution in [2.75, 3.05) is 13.1 Å². The number of hydrogen-bond acceptors (Lipinski definition) is 3. The van der Waals surface area contributed by atoms with Crippen molar-refractivity contribution in [2.45, 2.75) is 30.2 Å². The van der Waals surface area contributed by atoms with Gasteiger partial charge in [0.2, 0.25) is 10.0 Å². The van der Waals surface area contributed by atoms with Gasteiger partial charge < -0.3 is 5.32 Å². The first kappa shape index (κ1) is 15.8. The first-order valence-electron chi connectivity index (χ1n) is 6.28. The normalized spacial score (nSPS) is 15.6. The Hall–Kier alpha value is -0.570. The monoisotopic (exact) mass is 368 g/mol. The molecule has 0 spiro atoms. The summed E-state index contributed by atoms with van der Waals surface area (Å²) < 4.78 is 52.7. The zero-order chi connectivity index (χ0) is 14.8. The lowest BCUT2D eigenvalue weighted by atomic mass is 10.3. The van der Waals surface area contributed by atoms with Crippen LogP contribution in [0.4, 0.5) is 8.78 Å². The first-order chi connectivity index (χ1) is 9.40. The van der Waals surface area contributed by atoms with Crippen molar-refractivity contribution in [1.29, 1.82) is 0 Å². The molecule has 0 aromatic heterocycles. The average Bonchev–Trinajstić information content (AvgIpc) is 3.10. The van der Waals surface area contributed by atoms with Crippen LogP contribution in [-0.4, -0.2) is 27.5 Å². The summed E-state index contributed by atoms with van der Waals surface area (Å²) in [6.45, 7) is 0.908. The van der Waals surface area contributed by atoms with Crippen molar-refractivity contribution < 1.29 is 17.2 Å². The molecule has 0 bridgehead atoms. The molecule has 0 atom stereocenters. The lowest BCUT2D eigenvalue weighted by Gasteiger charge is -2.10. The van der Waals surface area contributed by atoms with E-state index in [0.717, 1.165) is 6.07 Å². The fourth-order valence-corrected chi connectivity index (χ4v) is 3.98. The van der Waals surface area contributed by atoms with E-state index in [-0.39, 0.29) is 11.0 Å². The van der Waals surface area contributed by atoms with Crippen LogP contribution in [0.3, 0.4) is 0 Å². The number of hydrogen-bond donors (Lipinski definition) is 2. The molecule has 1 aromatic carbocycles. The molecule has 2 rings (SSSR count). The standard InChI is InChI=1S/C12H15BrF2N2O2S/c13-10-6-8(14)7-11(15)12(10)20(18,19)17-5-1-4-16-9-2-3-9/h6-7,9,16-17H,1-5H2. The maximum atomic E-state index is 13.6. The molecule has 0 amide bonds. The van der Waals surface area contributed by atoms with Crippen LogP contribution in [0, 0.1) is 11.6 Å². The van der Waals surface area contributed by atoms with E-state index in [9.17, 15) is 17.2 Å². The SMILES string of the molecule is O=S(=O)(NCCCNC1CC1)c1c(F)cc(F)cc1Br. The molecule has 4 nitrogen and oxygen atoms in total. The Bertz CT molecular complexity index is 568. The lowest BCUT2D eigenvalue weighted by molar-refractivity contribution is 0.538. The molecule has 20 heavy (non-hydrogen) atoms. The van der Waals surface area contributed by atoms with Gasteiger partial charge in [0.05, 0.1) is 0 Å². The van der Waals surface area contributed by atoms with Crippen molar-refractivity contribution in [2.24, 2.45) is 0 Å². The van der Waals surface area contributed by atoms with Crippen LogP contribution in [0.25, 0.3) is 0 Å². The zero-order valence-electron chi connectivity index (χ0n) is 10.6. The third kappa shape index (κ3) is 4.21. The highest BCUT2D eigenvalue weighted by atomic mass is 79.9. The summed E-state index contributed by atoms with van der Waals surface area (Å²) in [5.41, 5.74) is 0. The number of benzene rings is 1. The molecular weight excluding hydrogens is 354 g/mol. The number of rotatable bonds is 7. The smallest absolute Gasteiger partial charge is 0.244 e. The van der Waals surface area contributed by atoms with E-state index in [0.29, 0.717) is 25.1 Å². The summed E-state index contributed by atoms with van der Waals surface area (Å²) in [6, 6.07) is 2.04. The van der Waals surface area contributed by atoms with Crippen LogP contribution in [0.15, 0.2) is 21.5 Å². The Balaban J connectivity index is 1.95. The number of sulfonamides is 1. The fourth-order valence-electron chi connectivity index (χ4n) is 1.75. The lowest BCUT2D eigenvalue weighted by Crippen LogP contribution is -2.29. The first-order valence-corrected chi connectivity index (χ1v) is 8.55. The van der Waals surface area contributed by atoms with Crippen LogP contribution in [0.1, 0.15) is 19.3 Å². The Kier molecular flexibility index (Phi) is 5.11. The van der Waals surface area contributed by atoms with Gasteiger partial charge in [0.25, 0.3) is 0 Å². The molecule has 0 unspecified atom stereocenters. The fraction of sp³-hybridized carbons (Fsp3) is 0.500. The van der Waals surface area contributed by atoms with Gasteiger partial charge in [0.1, 0.15) is 16.5 Å². The summed E-state index contributed by atoms with van der Waals surface area (Å²) in [5, 5.41) is 3.25. The molecular formula is C12H15BrF2N2O2S. The van der Waals surface area contributed by atoms with Gasteiger partial charge in [-0.1, -0.05) is 0 Å². The van der Waals surface area contributed by atoms with Gasteiger partial charge in [-0.2, -0.15) is 0 Å². The second kappa shape index (κ2) is 6.46. The summed E-state index contributed by atoms with van der Waals surface area (Å²) >= 11 is 2.87. The minimum absolute atomic E-state index is 0.126. The van der Waals surface area contributed by atoms with Crippen LogP contribution in [0.5, 0.6) is 0 Å². The minimum Gasteiger partial charge on any atom is -0.314 e. The molecule has 1 aromatic rings. The van der Waals surface area contributed by atoms with Crippen molar-refractivity contribution in [3.63, 3.8) is 0 Å². The average molecular weight is 369 g/mol. The number of halogens is 3. The molecule has 1 aliphatic carbocycles. The Morgan fingerprint density at radius 3 is 2.55 bits per heavy atom. The van der Waals surface area contributed by atoms with Gasteiger partial charge >= 0.3 is 0 Å². The third-order valence-corrected chi connectivity index (χ3v) is 5.31. The largest absolute Gasteiger partial charge is 0.314 e. The van der Waals surface area contributed by atoms with E-state index >= 15 is 0 Å². The number of nitrogens with one attached hydrogen (secondary N) is 2. The summed E-state index contributed by atoms with van der Waals surface area (Å²) in [4.78, 5) is -0.561. The Morgan fingerprint density at radius 1 is 1.25 bits per heavy atom. The van der Waals surface area contributed by atoms with Crippen LogP contribution in [0.2, 0.25) is 0 Å². The van der Waals surface area contributed by atoms with Gasteiger partial charge in [-0.3, -0.25) is 0 Å². The van der Waals surface area contributed by atoms with Crippen molar-refractivity contribution >= 4 is 26.0 Å². The van der Waals surface area contributed by atoms with Gasteiger partial charge in [0.15, 0.2) is 0 Å². The van der Waals surface area contributed by atoms with Crippen LogP contribution in [-0.2, 0) is 10.0 Å². The van der Waals surface area contributed by atoms with Gasteiger partial charge in [0, 0.05) is 23.1 Å². The van der Waals surface area contributed by atoms with E-state index in [1.807, 2.05) is 0 Å². The summed E-state index contributed by atoms with van der Waals surface area (Å²) in [5.74, 6) is -1.94. The van der Waals surface area contributed by atoms with Gasteiger partial charge in [-0.05, 0) is 47.8 Å². The Labute approximate surface area is 125 Å². The van der Waals surface area contributed by atoms with E-state index in [1.165, 1.54) is 12.8 Å². The van der Waals surface area contributed by atoms with E-state index in [1.54, 1.807) is 0 Å². The Morgan fingerprint density at radius 2 is 1.95 bits per heavy atom. The molecule has 0 heterocycles. The molecule has 8 heteroatoms. The zero-order valence-corrected chi connectivity index (χ0v) is 13.0. The van der Waals surface area contributed by atoms with Crippen molar-refractivity contribution in [3.8, 4) is 0 Å². The summed E-state index contributed by atoms with van der Waals surface area (Å²) in [7, 11) is -3.99. The maximum Gasteiger partial charge on any atom is 0.244 e. The predicted molar refractivity (Wildman–Crippen MR) is 74.9 cm³/mol. The molecule has 0 aliphatic heterocycles. The molecule has 1 saturated carbocycles. The van der Waals surface area contributed by atoms with Crippen LogP contribution >= 0.6 is 15.9 Å². The maximum absolute atomic E-state index is 13.6. The highest BCUT2D eigenvalue weighted by Gasteiger charge is 2.23. The highest BCUT2D eigenvalue weighted by molar-refractivity contribution is 9.10. The van der Waals surface area contributed by atoms with Crippen LogP contribution < -0.4 is 10.0 Å². The highest BCUT2D eigenvalue weighted by Crippen LogP contribution is 2.26. The predicted octanol–water partition coefficient (Wildman–Crippen LogP) is 2.15. The second-order valence-electron chi connectivity index (χ2n) is 4.68. The third-order valence-electron chi connectivity index (χ3n) is 2.89. The molecule has 0 radical (unpaired) electrons. The van der Waals surface area contributed by atoms with E-state index in [4.69, 9.17) is 0 Å². The van der Waals surface area contributed by atoms with Crippen molar-refractivity contribution in [3.05, 3.63) is 28.2 Å². The topological polar surface area (TPSA) is 58.2 Å². The molecule has 112 valence electrons. The molecule has 2 N–H and O–H groups in total. The van der Waals surface area contributed by atoms with Crippen molar-refractivity contribution in [1.82, 2.24) is 10.0 Å². The van der Waals surface area contributed by atoms with Gasteiger partial charge in [-0.25, -0.2) is 21.9 Å². The van der Waals surface area contributed by atoms with E-state index in [2.05, 4.69) is 26.0 Å². The summed E-state index contributed by atoms with van der Waals surface area (Å²) in [6.07, 6.45) is 2.94. The minimum atomic E-state index is -3.99. The molecule has 1 fully saturated rings. The molecule has 0 saturated heterocycles. The van der Waals surface area contributed by atoms with Gasteiger partial charge in [-0.15, -0.1) is 0 Å². The molecule has 1 aliphatic rings. The quantitative estimate of drug-likeness (QED) is 0.725.